The maximum atomic E-state index is 12.6. The molecule has 2 aliphatic heterocycles. The first-order valence-electron chi connectivity index (χ1n) is 6.92. The van der Waals surface area contributed by atoms with E-state index >= 15 is 0 Å². The van der Waals surface area contributed by atoms with Crippen molar-refractivity contribution in [3.05, 3.63) is 30.9 Å². The minimum absolute atomic E-state index is 0.0486. The highest BCUT2D eigenvalue weighted by Crippen LogP contribution is 2.21. The van der Waals surface area contributed by atoms with Crippen LogP contribution in [0.1, 0.15) is 18.5 Å². The van der Waals surface area contributed by atoms with Crippen LogP contribution >= 0.6 is 0 Å². The Morgan fingerprint density at radius 2 is 2.37 bits per heavy atom. The van der Waals surface area contributed by atoms with E-state index in [-0.39, 0.29) is 11.9 Å². The molecule has 5 nitrogen and oxygen atoms in total. The average molecular weight is 260 g/mol. The molecule has 0 aliphatic carbocycles. The molecule has 1 aromatic rings. The van der Waals surface area contributed by atoms with Crippen LogP contribution in [0.5, 0.6) is 0 Å². The molecule has 0 aromatic carbocycles. The summed E-state index contributed by atoms with van der Waals surface area (Å²) in [7, 11) is 0. The zero-order valence-electron chi connectivity index (χ0n) is 11.2. The predicted molar refractivity (Wildman–Crippen MR) is 72.4 cm³/mol. The highest BCUT2D eigenvalue weighted by atomic mass is 16.2. The van der Waals surface area contributed by atoms with Gasteiger partial charge in [0.2, 0.25) is 5.91 Å². The number of imidazole rings is 1. The van der Waals surface area contributed by atoms with Gasteiger partial charge in [-0.1, -0.05) is 6.08 Å². The Balaban J connectivity index is 1.69. The largest absolute Gasteiger partial charge is 0.334 e. The Morgan fingerprint density at radius 1 is 1.47 bits per heavy atom. The van der Waals surface area contributed by atoms with Gasteiger partial charge in [0.05, 0.1) is 24.6 Å². The van der Waals surface area contributed by atoms with Crippen molar-refractivity contribution in [1.29, 1.82) is 0 Å². The summed E-state index contributed by atoms with van der Waals surface area (Å²) in [5.41, 5.74) is 1.13. The summed E-state index contributed by atoms with van der Waals surface area (Å²) < 4.78 is 2.12. The molecule has 3 rings (SSSR count). The first kappa shape index (κ1) is 12.4. The van der Waals surface area contributed by atoms with Crippen LogP contribution in [-0.4, -0.2) is 50.9 Å². The second-order valence-electron chi connectivity index (χ2n) is 5.28. The third kappa shape index (κ3) is 2.30. The Morgan fingerprint density at radius 3 is 3.21 bits per heavy atom. The molecule has 3 heterocycles. The molecule has 102 valence electrons. The van der Waals surface area contributed by atoms with Crippen LogP contribution in [0, 0.1) is 0 Å². The summed E-state index contributed by atoms with van der Waals surface area (Å²) in [6.45, 7) is 7.93. The van der Waals surface area contributed by atoms with E-state index in [2.05, 4.69) is 21.0 Å². The molecule has 0 spiro atoms. The van der Waals surface area contributed by atoms with Crippen LogP contribution in [0.4, 0.5) is 0 Å². The first-order chi connectivity index (χ1) is 9.29. The van der Waals surface area contributed by atoms with E-state index in [9.17, 15) is 4.79 Å². The van der Waals surface area contributed by atoms with E-state index in [0.29, 0.717) is 6.54 Å². The molecular formula is C14H20N4O. The first-order valence-corrected chi connectivity index (χ1v) is 6.92. The molecule has 0 bridgehead atoms. The molecule has 0 N–H and O–H groups in total. The average Bonchev–Trinajstić information content (AvgIpc) is 3.05. The van der Waals surface area contributed by atoms with Gasteiger partial charge in [-0.2, -0.15) is 0 Å². The summed E-state index contributed by atoms with van der Waals surface area (Å²) in [4.78, 5) is 21.0. The molecule has 1 saturated heterocycles. The third-order valence-corrected chi connectivity index (χ3v) is 4.09. The van der Waals surface area contributed by atoms with Gasteiger partial charge in [0.15, 0.2) is 0 Å². The number of likely N-dealkylation sites (tertiary alicyclic amines) is 1. The van der Waals surface area contributed by atoms with E-state index in [1.54, 1.807) is 0 Å². The van der Waals surface area contributed by atoms with Crippen LogP contribution in [0.3, 0.4) is 0 Å². The Bertz CT molecular complexity index is 482. The number of amides is 1. The summed E-state index contributed by atoms with van der Waals surface area (Å²) in [6.07, 6.45) is 7.67. The molecule has 0 radical (unpaired) electrons. The van der Waals surface area contributed by atoms with E-state index in [4.69, 9.17) is 0 Å². The maximum Gasteiger partial charge on any atom is 0.240 e. The second kappa shape index (κ2) is 5.17. The number of nitrogens with zero attached hydrogens (tertiary/aromatic N) is 4. The molecule has 5 heteroatoms. The lowest BCUT2D eigenvalue weighted by Gasteiger charge is -2.32. The zero-order valence-corrected chi connectivity index (χ0v) is 11.2. The van der Waals surface area contributed by atoms with Gasteiger partial charge in [-0.15, -0.1) is 6.58 Å². The molecule has 0 saturated carbocycles. The van der Waals surface area contributed by atoms with Crippen molar-refractivity contribution in [2.75, 3.05) is 19.6 Å². The summed E-state index contributed by atoms with van der Waals surface area (Å²) in [5, 5.41) is 0. The van der Waals surface area contributed by atoms with Gasteiger partial charge in [-0.25, -0.2) is 4.98 Å². The van der Waals surface area contributed by atoms with Crippen molar-refractivity contribution in [1.82, 2.24) is 19.4 Å². The lowest BCUT2D eigenvalue weighted by Crippen LogP contribution is -2.48. The predicted octanol–water partition coefficient (Wildman–Crippen LogP) is 0.876. The lowest BCUT2D eigenvalue weighted by atomic mass is 10.1. The van der Waals surface area contributed by atoms with Crippen LogP contribution < -0.4 is 0 Å². The number of hydrogen-bond acceptors (Lipinski definition) is 3. The van der Waals surface area contributed by atoms with Gasteiger partial charge in [-0.3, -0.25) is 9.69 Å². The number of rotatable bonds is 3. The SMILES string of the molecule is C=CCN1CCC[C@@H]1C(=O)N1CCn2cncc2C1. The number of aromatic nitrogens is 2. The smallest absolute Gasteiger partial charge is 0.240 e. The molecule has 1 amide bonds. The van der Waals surface area contributed by atoms with Crippen molar-refractivity contribution in [2.24, 2.45) is 0 Å². The van der Waals surface area contributed by atoms with Gasteiger partial charge < -0.3 is 9.47 Å². The van der Waals surface area contributed by atoms with Crippen molar-refractivity contribution in [3.8, 4) is 0 Å². The molecule has 0 unspecified atom stereocenters. The fourth-order valence-corrected chi connectivity index (χ4v) is 3.07. The van der Waals surface area contributed by atoms with Crippen LogP contribution in [0.25, 0.3) is 0 Å². The highest BCUT2D eigenvalue weighted by molar-refractivity contribution is 5.82. The molecular weight excluding hydrogens is 240 g/mol. The molecule has 1 aromatic heterocycles. The number of carbonyl (C=O) groups excluding carboxylic acids is 1. The highest BCUT2D eigenvalue weighted by Gasteiger charge is 2.34. The van der Waals surface area contributed by atoms with Gasteiger partial charge in [0, 0.05) is 25.8 Å². The number of hydrogen-bond donors (Lipinski definition) is 0. The fraction of sp³-hybridized carbons (Fsp3) is 0.571. The number of fused-ring (bicyclic) bond motifs is 1. The standard InChI is InChI=1S/C14H20N4O/c1-2-5-16-6-3-4-13(16)14(19)17-7-8-18-11-15-9-12(18)10-17/h2,9,11,13H,1,3-8,10H2/t13-/m1/s1. The normalized spacial score (nSPS) is 23.4. The van der Waals surface area contributed by atoms with E-state index in [0.717, 1.165) is 44.7 Å². The number of carbonyl (C=O) groups is 1. The quantitative estimate of drug-likeness (QED) is 0.757. The van der Waals surface area contributed by atoms with Crippen LogP contribution in [0.15, 0.2) is 25.2 Å². The van der Waals surface area contributed by atoms with E-state index in [1.165, 1.54) is 0 Å². The monoisotopic (exact) mass is 260 g/mol. The second-order valence-corrected chi connectivity index (χ2v) is 5.28. The van der Waals surface area contributed by atoms with Crippen LogP contribution in [-0.2, 0) is 17.9 Å². The van der Waals surface area contributed by atoms with Gasteiger partial charge in [-0.05, 0) is 19.4 Å². The molecule has 1 atom stereocenters. The van der Waals surface area contributed by atoms with Crippen molar-refractivity contribution in [3.63, 3.8) is 0 Å². The maximum absolute atomic E-state index is 12.6. The van der Waals surface area contributed by atoms with Gasteiger partial charge in [0.25, 0.3) is 0 Å². The van der Waals surface area contributed by atoms with Crippen molar-refractivity contribution >= 4 is 5.91 Å². The minimum Gasteiger partial charge on any atom is -0.334 e. The summed E-state index contributed by atoms with van der Waals surface area (Å²) in [5.74, 6) is 0.270. The minimum atomic E-state index is 0.0486. The lowest BCUT2D eigenvalue weighted by molar-refractivity contribution is -0.137. The van der Waals surface area contributed by atoms with Gasteiger partial charge in [0.1, 0.15) is 0 Å². The van der Waals surface area contributed by atoms with Gasteiger partial charge >= 0.3 is 0 Å². The summed E-state index contributed by atoms with van der Waals surface area (Å²) in [6, 6.07) is 0.0486. The summed E-state index contributed by atoms with van der Waals surface area (Å²) >= 11 is 0. The third-order valence-electron chi connectivity index (χ3n) is 4.09. The van der Waals surface area contributed by atoms with Crippen molar-refractivity contribution < 1.29 is 4.79 Å². The Labute approximate surface area is 113 Å². The zero-order chi connectivity index (χ0) is 13.2. The van der Waals surface area contributed by atoms with E-state index < -0.39 is 0 Å². The van der Waals surface area contributed by atoms with E-state index in [1.807, 2.05) is 23.5 Å². The van der Waals surface area contributed by atoms with Crippen LogP contribution in [0.2, 0.25) is 0 Å². The molecule has 1 fully saturated rings. The van der Waals surface area contributed by atoms with Crippen molar-refractivity contribution in [2.45, 2.75) is 32.0 Å². The Hall–Kier alpha value is -1.62. The fourth-order valence-electron chi connectivity index (χ4n) is 3.07. The topological polar surface area (TPSA) is 41.4 Å². The molecule has 2 aliphatic rings. The molecule has 19 heavy (non-hydrogen) atoms. The Kier molecular flexibility index (Phi) is 3.38.